The lowest BCUT2D eigenvalue weighted by molar-refractivity contribution is -0.144. The van der Waals surface area contributed by atoms with Crippen molar-refractivity contribution >= 4 is 5.97 Å². The molecule has 0 aromatic carbocycles. The Kier molecular flexibility index (Phi) is 3.10. The number of morpholine rings is 1. The lowest BCUT2D eigenvalue weighted by atomic mass is 9.85. The SMILES string of the molecule is N#CC1CN(C2(CC(=O)O)CNC2)CCO1. The summed E-state index contributed by atoms with van der Waals surface area (Å²) in [6, 6.07) is 2.08. The Balaban J connectivity index is 2.03. The van der Waals surface area contributed by atoms with Crippen LogP contribution >= 0.6 is 0 Å². The Bertz CT molecular complexity index is 322. The van der Waals surface area contributed by atoms with Gasteiger partial charge in [0, 0.05) is 26.2 Å². The average molecular weight is 225 g/mol. The smallest absolute Gasteiger partial charge is 0.305 e. The summed E-state index contributed by atoms with van der Waals surface area (Å²) >= 11 is 0. The lowest BCUT2D eigenvalue weighted by Gasteiger charge is -2.51. The Labute approximate surface area is 93.8 Å². The van der Waals surface area contributed by atoms with Gasteiger partial charge in [-0.25, -0.2) is 0 Å². The van der Waals surface area contributed by atoms with Crippen LogP contribution in [0.5, 0.6) is 0 Å². The van der Waals surface area contributed by atoms with Crippen LogP contribution in [0.25, 0.3) is 0 Å². The molecule has 0 aromatic rings. The maximum absolute atomic E-state index is 10.9. The third-order valence-corrected chi connectivity index (χ3v) is 3.27. The second kappa shape index (κ2) is 4.37. The molecule has 2 fully saturated rings. The van der Waals surface area contributed by atoms with Crippen LogP contribution in [-0.4, -0.2) is 60.4 Å². The minimum Gasteiger partial charge on any atom is -0.481 e. The Morgan fingerprint density at radius 2 is 2.44 bits per heavy atom. The molecule has 2 rings (SSSR count). The van der Waals surface area contributed by atoms with Crippen LogP contribution < -0.4 is 5.32 Å². The van der Waals surface area contributed by atoms with Crippen molar-refractivity contribution in [2.24, 2.45) is 0 Å². The Hall–Kier alpha value is -1.16. The van der Waals surface area contributed by atoms with Crippen molar-refractivity contribution in [3.63, 3.8) is 0 Å². The number of ether oxygens (including phenoxy) is 1. The molecule has 6 heteroatoms. The number of hydrogen-bond acceptors (Lipinski definition) is 5. The first kappa shape index (κ1) is 11.3. The molecule has 16 heavy (non-hydrogen) atoms. The van der Waals surface area contributed by atoms with E-state index in [1.54, 1.807) is 0 Å². The van der Waals surface area contributed by atoms with E-state index in [-0.39, 0.29) is 12.0 Å². The summed E-state index contributed by atoms with van der Waals surface area (Å²) in [5, 5.41) is 20.8. The molecule has 2 heterocycles. The van der Waals surface area contributed by atoms with Crippen LogP contribution in [0.3, 0.4) is 0 Å². The van der Waals surface area contributed by atoms with Crippen LogP contribution in [0.15, 0.2) is 0 Å². The van der Waals surface area contributed by atoms with Crippen molar-refractivity contribution in [2.45, 2.75) is 18.1 Å². The van der Waals surface area contributed by atoms with Gasteiger partial charge in [0.1, 0.15) is 0 Å². The van der Waals surface area contributed by atoms with E-state index in [0.717, 1.165) is 0 Å². The van der Waals surface area contributed by atoms with Crippen molar-refractivity contribution < 1.29 is 14.6 Å². The predicted molar refractivity (Wildman–Crippen MR) is 54.8 cm³/mol. The highest BCUT2D eigenvalue weighted by Crippen LogP contribution is 2.26. The molecule has 0 saturated carbocycles. The van der Waals surface area contributed by atoms with E-state index in [2.05, 4.69) is 16.3 Å². The molecule has 0 radical (unpaired) electrons. The van der Waals surface area contributed by atoms with E-state index in [9.17, 15) is 4.79 Å². The summed E-state index contributed by atoms with van der Waals surface area (Å²) in [5.41, 5.74) is -0.315. The fraction of sp³-hybridized carbons (Fsp3) is 0.800. The van der Waals surface area contributed by atoms with Gasteiger partial charge in [-0.1, -0.05) is 0 Å². The number of nitriles is 1. The van der Waals surface area contributed by atoms with E-state index >= 15 is 0 Å². The van der Waals surface area contributed by atoms with Crippen LogP contribution in [0.1, 0.15) is 6.42 Å². The minimum atomic E-state index is -0.790. The highest BCUT2D eigenvalue weighted by atomic mass is 16.5. The minimum absolute atomic E-state index is 0.123. The number of carboxylic acids is 1. The summed E-state index contributed by atoms with van der Waals surface area (Å²) in [4.78, 5) is 12.9. The molecule has 0 aliphatic carbocycles. The fourth-order valence-electron chi connectivity index (χ4n) is 2.31. The second-order valence-electron chi connectivity index (χ2n) is 4.33. The summed E-state index contributed by atoms with van der Waals surface area (Å²) in [7, 11) is 0. The van der Waals surface area contributed by atoms with Crippen LogP contribution in [-0.2, 0) is 9.53 Å². The van der Waals surface area contributed by atoms with Gasteiger partial charge in [0.05, 0.1) is 24.6 Å². The summed E-state index contributed by atoms with van der Waals surface area (Å²) in [6.45, 7) is 3.06. The van der Waals surface area contributed by atoms with Gasteiger partial charge in [0.2, 0.25) is 0 Å². The first-order chi connectivity index (χ1) is 7.66. The van der Waals surface area contributed by atoms with Crippen LogP contribution in [0.2, 0.25) is 0 Å². The van der Waals surface area contributed by atoms with E-state index in [1.807, 2.05) is 0 Å². The van der Waals surface area contributed by atoms with Crippen molar-refractivity contribution in [3.8, 4) is 6.07 Å². The molecule has 2 saturated heterocycles. The normalized spacial score (nSPS) is 29.1. The third-order valence-electron chi connectivity index (χ3n) is 3.27. The van der Waals surface area contributed by atoms with Gasteiger partial charge in [-0.3, -0.25) is 9.69 Å². The van der Waals surface area contributed by atoms with Gasteiger partial charge in [0.25, 0.3) is 0 Å². The Morgan fingerprint density at radius 1 is 1.69 bits per heavy atom. The zero-order chi connectivity index (χ0) is 11.6. The van der Waals surface area contributed by atoms with E-state index in [0.29, 0.717) is 32.8 Å². The largest absolute Gasteiger partial charge is 0.481 e. The molecule has 88 valence electrons. The first-order valence-corrected chi connectivity index (χ1v) is 5.35. The number of aliphatic carboxylic acids is 1. The quantitative estimate of drug-likeness (QED) is 0.642. The fourth-order valence-corrected chi connectivity index (χ4v) is 2.31. The van der Waals surface area contributed by atoms with Crippen LogP contribution in [0.4, 0.5) is 0 Å². The van der Waals surface area contributed by atoms with Gasteiger partial charge < -0.3 is 15.2 Å². The molecule has 2 aliphatic rings. The number of carboxylic acid groups (broad SMARTS) is 1. The van der Waals surface area contributed by atoms with Gasteiger partial charge in [-0.15, -0.1) is 0 Å². The molecule has 0 amide bonds. The van der Waals surface area contributed by atoms with E-state index in [1.165, 1.54) is 0 Å². The standard InChI is InChI=1S/C10H15N3O3/c11-4-8-5-13(1-2-16-8)10(3-9(14)15)6-12-7-10/h8,12H,1-3,5-7H2,(H,14,15). The number of carbonyl (C=O) groups is 1. The van der Waals surface area contributed by atoms with Crippen molar-refractivity contribution in [2.75, 3.05) is 32.8 Å². The number of hydrogen-bond donors (Lipinski definition) is 2. The summed E-state index contributed by atoms with van der Waals surface area (Å²) < 4.78 is 5.26. The molecule has 2 N–H and O–H groups in total. The van der Waals surface area contributed by atoms with Crippen molar-refractivity contribution in [3.05, 3.63) is 0 Å². The molecule has 1 unspecified atom stereocenters. The Morgan fingerprint density at radius 3 is 2.94 bits per heavy atom. The molecule has 1 atom stereocenters. The summed E-state index contributed by atoms with van der Waals surface area (Å²) in [5.74, 6) is -0.790. The zero-order valence-electron chi connectivity index (χ0n) is 8.98. The summed E-state index contributed by atoms with van der Waals surface area (Å²) in [6.07, 6.45) is -0.307. The number of rotatable bonds is 3. The average Bonchev–Trinajstić information content (AvgIpc) is 2.23. The van der Waals surface area contributed by atoms with Gasteiger partial charge in [-0.2, -0.15) is 5.26 Å². The zero-order valence-corrected chi connectivity index (χ0v) is 8.98. The van der Waals surface area contributed by atoms with E-state index in [4.69, 9.17) is 15.1 Å². The van der Waals surface area contributed by atoms with E-state index < -0.39 is 12.1 Å². The van der Waals surface area contributed by atoms with Crippen molar-refractivity contribution in [1.29, 1.82) is 5.26 Å². The van der Waals surface area contributed by atoms with Crippen LogP contribution in [0, 0.1) is 11.3 Å². The first-order valence-electron chi connectivity index (χ1n) is 5.35. The number of nitrogens with one attached hydrogen (secondary N) is 1. The molecule has 2 aliphatic heterocycles. The molecule has 0 bridgehead atoms. The molecule has 0 aromatic heterocycles. The second-order valence-corrected chi connectivity index (χ2v) is 4.33. The van der Waals surface area contributed by atoms with Crippen molar-refractivity contribution in [1.82, 2.24) is 10.2 Å². The molecular weight excluding hydrogens is 210 g/mol. The monoisotopic (exact) mass is 225 g/mol. The molecule has 6 nitrogen and oxygen atoms in total. The topological polar surface area (TPSA) is 85.6 Å². The highest BCUT2D eigenvalue weighted by molar-refractivity contribution is 5.68. The predicted octanol–water partition coefficient (Wildman–Crippen LogP) is -0.973. The maximum atomic E-state index is 10.9. The highest BCUT2D eigenvalue weighted by Gasteiger charge is 2.45. The molecular formula is C10H15N3O3. The van der Waals surface area contributed by atoms with Gasteiger partial charge >= 0.3 is 5.97 Å². The third kappa shape index (κ3) is 2.02. The number of nitrogens with zero attached hydrogens (tertiary/aromatic N) is 2. The van der Waals surface area contributed by atoms with Gasteiger partial charge in [-0.05, 0) is 0 Å². The maximum Gasteiger partial charge on any atom is 0.305 e. The van der Waals surface area contributed by atoms with Gasteiger partial charge in [0.15, 0.2) is 6.10 Å². The lowest BCUT2D eigenvalue weighted by Crippen LogP contribution is -2.71. The molecule has 0 spiro atoms.